The number of aromatic nitrogens is 5. The van der Waals surface area contributed by atoms with Crippen molar-refractivity contribution in [1.82, 2.24) is 25.3 Å². The fraction of sp³-hybridized carbons (Fsp3) is 0.0625. The van der Waals surface area contributed by atoms with Crippen molar-refractivity contribution in [3.8, 4) is 22.8 Å². The average Bonchev–Trinajstić information content (AvgIpc) is 3.32. The number of rotatable bonds is 5. The third kappa shape index (κ3) is 3.60. The summed E-state index contributed by atoms with van der Waals surface area (Å²) in [7, 11) is 0. The van der Waals surface area contributed by atoms with Crippen LogP contribution in [-0.4, -0.2) is 25.3 Å². The lowest BCUT2D eigenvalue weighted by Crippen LogP contribution is -1.88. The van der Waals surface area contributed by atoms with E-state index < -0.39 is 0 Å². The molecule has 0 unspecified atom stereocenters. The number of hydrogen-bond donors (Lipinski definition) is 1. The molecule has 4 aromatic rings. The Hall–Kier alpha value is -2.72. The molecule has 3 heterocycles. The zero-order chi connectivity index (χ0) is 17.9. The predicted octanol–water partition coefficient (Wildman–Crippen LogP) is 3.82. The van der Waals surface area contributed by atoms with Gasteiger partial charge in [-0.2, -0.15) is 4.98 Å². The molecule has 4 rings (SSSR count). The monoisotopic (exact) mass is 430 g/mol. The minimum absolute atomic E-state index is 0.408. The third-order valence-electron chi connectivity index (χ3n) is 3.35. The van der Waals surface area contributed by atoms with E-state index >= 15 is 0 Å². The van der Waals surface area contributed by atoms with E-state index in [1.807, 2.05) is 6.07 Å². The fourth-order valence-electron chi connectivity index (χ4n) is 2.14. The molecule has 0 aliphatic rings. The first-order valence-corrected chi connectivity index (χ1v) is 9.21. The molecule has 0 aliphatic carbocycles. The molecule has 0 saturated carbocycles. The SMILES string of the molecule is Nc1ccc(Br)c(-c2noc(CSc3nnc(-c4ccncc4)o3)n2)c1. The van der Waals surface area contributed by atoms with Gasteiger partial charge >= 0.3 is 0 Å². The topological polar surface area (TPSA) is 117 Å². The molecule has 0 fully saturated rings. The van der Waals surface area contributed by atoms with Gasteiger partial charge in [0.15, 0.2) is 0 Å². The number of nitrogen functional groups attached to an aromatic ring is 1. The maximum Gasteiger partial charge on any atom is 0.277 e. The van der Waals surface area contributed by atoms with Gasteiger partial charge in [-0.15, -0.1) is 10.2 Å². The number of thioether (sulfide) groups is 1. The van der Waals surface area contributed by atoms with Crippen molar-refractivity contribution in [3.05, 3.63) is 53.1 Å². The van der Waals surface area contributed by atoms with Crippen molar-refractivity contribution in [2.24, 2.45) is 0 Å². The highest BCUT2D eigenvalue weighted by Gasteiger charge is 2.14. The molecule has 10 heteroatoms. The summed E-state index contributed by atoms with van der Waals surface area (Å²) >= 11 is 4.77. The van der Waals surface area contributed by atoms with Gasteiger partial charge in [-0.05, 0) is 30.3 Å². The van der Waals surface area contributed by atoms with Crippen molar-refractivity contribution >= 4 is 33.4 Å². The molecule has 130 valence electrons. The number of benzene rings is 1. The second-order valence-electron chi connectivity index (χ2n) is 5.15. The van der Waals surface area contributed by atoms with Crippen molar-refractivity contribution < 1.29 is 8.94 Å². The van der Waals surface area contributed by atoms with Gasteiger partial charge in [0.25, 0.3) is 5.22 Å². The van der Waals surface area contributed by atoms with E-state index in [0.717, 1.165) is 15.6 Å². The number of nitrogens with two attached hydrogens (primary N) is 1. The zero-order valence-electron chi connectivity index (χ0n) is 13.2. The van der Waals surface area contributed by atoms with Crippen LogP contribution in [0.3, 0.4) is 0 Å². The van der Waals surface area contributed by atoms with E-state index in [4.69, 9.17) is 14.7 Å². The molecule has 0 bridgehead atoms. The van der Waals surface area contributed by atoms with Crippen LogP contribution >= 0.6 is 27.7 Å². The maximum absolute atomic E-state index is 5.81. The van der Waals surface area contributed by atoms with E-state index in [2.05, 4.69) is 41.3 Å². The van der Waals surface area contributed by atoms with Gasteiger partial charge < -0.3 is 14.7 Å². The predicted molar refractivity (Wildman–Crippen MR) is 98.9 cm³/mol. The molecule has 0 radical (unpaired) electrons. The normalized spacial score (nSPS) is 11.0. The lowest BCUT2D eigenvalue weighted by Gasteiger charge is -1.99. The lowest BCUT2D eigenvalue weighted by molar-refractivity contribution is 0.391. The Balaban J connectivity index is 1.46. The van der Waals surface area contributed by atoms with E-state index in [-0.39, 0.29) is 0 Å². The van der Waals surface area contributed by atoms with Crippen molar-refractivity contribution in [2.45, 2.75) is 11.0 Å². The molecule has 3 aromatic heterocycles. The molecule has 0 amide bonds. The molecule has 26 heavy (non-hydrogen) atoms. The molecule has 8 nitrogen and oxygen atoms in total. The third-order valence-corrected chi connectivity index (χ3v) is 4.85. The first-order valence-electron chi connectivity index (χ1n) is 7.44. The number of anilines is 1. The Morgan fingerprint density at radius 2 is 1.96 bits per heavy atom. The van der Waals surface area contributed by atoms with Crippen LogP contribution in [0, 0.1) is 0 Å². The summed E-state index contributed by atoms with van der Waals surface area (Å²) in [6.07, 6.45) is 3.33. The molecule has 2 N–H and O–H groups in total. The van der Waals surface area contributed by atoms with Crippen LogP contribution in [0.5, 0.6) is 0 Å². The van der Waals surface area contributed by atoms with Gasteiger partial charge in [0.05, 0.1) is 5.75 Å². The zero-order valence-corrected chi connectivity index (χ0v) is 15.6. The van der Waals surface area contributed by atoms with Crippen molar-refractivity contribution in [2.75, 3.05) is 5.73 Å². The van der Waals surface area contributed by atoms with Gasteiger partial charge in [0.1, 0.15) is 0 Å². The minimum Gasteiger partial charge on any atom is -0.411 e. The van der Waals surface area contributed by atoms with Gasteiger partial charge in [-0.3, -0.25) is 4.98 Å². The molecular weight excluding hydrogens is 420 g/mol. The standard InChI is InChI=1S/C16H11BrN6O2S/c17-12-2-1-10(18)7-11(12)14-20-13(25-23-14)8-26-16-22-21-15(24-16)9-3-5-19-6-4-9/h1-7H,8,18H2. The summed E-state index contributed by atoms with van der Waals surface area (Å²) in [5.74, 6) is 1.75. The Kier molecular flexibility index (Phi) is 4.67. The number of pyridine rings is 1. The number of halogens is 1. The van der Waals surface area contributed by atoms with Crippen LogP contribution in [0.1, 0.15) is 5.89 Å². The Morgan fingerprint density at radius 3 is 2.81 bits per heavy atom. The first-order chi connectivity index (χ1) is 12.7. The molecule has 0 spiro atoms. The van der Waals surface area contributed by atoms with Crippen molar-refractivity contribution in [3.63, 3.8) is 0 Å². The second kappa shape index (κ2) is 7.26. The highest BCUT2D eigenvalue weighted by Crippen LogP contribution is 2.29. The van der Waals surface area contributed by atoms with Crippen LogP contribution < -0.4 is 5.73 Å². The summed E-state index contributed by atoms with van der Waals surface area (Å²) in [6.45, 7) is 0. The van der Waals surface area contributed by atoms with Gasteiger partial charge in [-0.25, -0.2) is 0 Å². The van der Waals surface area contributed by atoms with Crippen LogP contribution in [0.2, 0.25) is 0 Å². The summed E-state index contributed by atoms with van der Waals surface area (Å²) in [5, 5.41) is 12.4. The fourth-order valence-corrected chi connectivity index (χ4v) is 3.16. The van der Waals surface area contributed by atoms with Gasteiger partial charge in [-0.1, -0.05) is 32.8 Å². The molecule has 0 aliphatic heterocycles. The lowest BCUT2D eigenvalue weighted by atomic mass is 10.2. The van der Waals surface area contributed by atoms with E-state index in [0.29, 0.717) is 34.3 Å². The Labute approximate surface area is 160 Å². The van der Waals surface area contributed by atoms with E-state index in [1.54, 1.807) is 36.7 Å². The van der Waals surface area contributed by atoms with Crippen LogP contribution in [0.25, 0.3) is 22.8 Å². The number of hydrogen-bond acceptors (Lipinski definition) is 9. The largest absolute Gasteiger partial charge is 0.411 e. The summed E-state index contributed by atoms with van der Waals surface area (Å²) < 4.78 is 11.7. The average molecular weight is 431 g/mol. The van der Waals surface area contributed by atoms with Crippen LogP contribution in [0.15, 0.2) is 61.4 Å². The Morgan fingerprint density at radius 1 is 1.12 bits per heavy atom. The molecule has 1 aromatic carbocycles. The van der Waals surface area contributed by atoms with Gasteiger partial charge in [0, 0.05) is 33.7 Å². The summed E-state index contributed by atoms with van der Waals surface area (Å²) in [5.41, 5.74) is 8.02. The maximum atomic E-state index is 5.81. The minimum atomic E-state index is 0.408. The van der Waals surface area contributed by atoms with Crippen molar-refractivity contribution in [1.29, 1.82) is 0 Å². The first kappa shape index (κ1) is 16.7. The highest BCUT2D eigenvalue weighted by molar-refractivity contribution is 9.10. The quantitative estimate of drug-likeness (QED) is 0.372. The number of nitrogens with zero attached hydrogens (tertiary/aromatic N) is 5. The van der Waals surface area contributed by atoms with Crippen LogP contribution in [-0.2, 0) is 5.75 Å². The Bertz CT molecular complexity index is 1040. The highest BCUT2D eigenvalue weighted by atomic mass is 79.9. The van der Waals surface area contributed by atoms with Crippen LogP contribution in [0.4, 0.5) is 5.69 Å². The van der Waals surface area contributed by atoms with E-state index in [9.17, 15) is 0 Å². The molecular formula is C16H11BrN6O2S. The van der Waals surface area contributed by atoms with E-state index in [1.165, 1.54) is 11.8 Å². The molecule has 0 atom stereocenters. The summed E-state index contributed by atoms with van der Waals surface area (Å²) in [4.78, 5) is 8.34. The summed E-state index contributed by atoms with van der Waals surface area (Å²) in [6, 6.07) is 9.02. The smallest absolute Gasteiger partial charge is 0.277 e. The van der Waals surface area contributed by atoms with Gasteiger partial charge in [0.2, 0.25) is 17.6 Å². The second-order valence-corrected chi connectivity index (χ2v) is 6.93. The molecule has 0 saturated heterocycles.